The van der Waals surface area contributed by atoms with Crippen LogP contribution in [0.4, 0.5) is 5.69 Å². The third-order valence-electron chi connectivity index (χ3n) is 4.64. The highest BCUT2D eigenvalue weighted by atomic mass is 32.2. The van der Waals surface area contributed by atoms with E-state index in [2.05, 4.69) is 10.6 Å². The van der Waals surface area contributed by atoms with E-state index in [0.29, 0.717) is 24.3 Å². The third-order valence-corrected chi connectivity index (χ3v) is 6.83. The van der Waals surface area contributed by atoms with E-state index in [4.69, 9.17) is 0 Å². The molecular formula is C21H29N3O3S. The fourth-order valence-corrected chi connectivity index (χ4v) is 4.70. The maximum absolute atomic E-state index is 12.8. The number of carbonyl (C=O) groups excluding carboxylic acids is 1. The van der Waals surface area contributed by atoms with Crippen molar-refractivity contribution >= 4 is 21.6 Å². The van der Waals surface area contributed by atoms with Crippen LogP contribution in [0.3, 0.4) is 0 Å². The predicted molar refractivity (Wildman–Crippen MR) is 113 cm³/mol. The molecule has 0 bridgehead atoms. The molecule has 7 heteroatoms. The van der Waals surface area contributed by atoms with Crippen LogP contribution in [-0.2, 0) is 14.8 Å². The minimum absolute atomic E-state index is 0.0605. The Kier molecular flexibility index (Phi) is 7.60. The molecule has 2 N–H and O–H groups in total. The molecule has 0 aliphatic heterocycles. The van der Waals surface area contributed by atoms with Gasteiger partial charge >= 0.3 is 0 Å². The lowest BCUT2D eigenvalue weighted by molar-refractivity contribution is -0.120. The summed E-state index contributed by atoms with van der Waals surface area (Å²) in [7, 11) is -3.56. The number of hydrogen-bond donors (Lipinski definition) is 2. The summed E-state index contributed by atoms with van der Waals surface area (Å²) in [4.78, 5) is 12.5. The summed E-state index contributed by atoms with van der Waals surface area (Å²) in [5, 5.41) is 5.95. The lowest BCUT2D eigenvalue weighted by Gasteiger charge is -2.20. The van der Waals surface area contributed by atoms with Crippen LogP contribution in [0.2, 0.25) is 0 Å². The first-order valence-corrected chi connectivity index (χ1v) is 10.9. The second-order valence-corrected chi connectivity index (χ2v) is 8.53. The Balaban J connectivity index is 2.06. The van der Waals surface area contributed by atoms with Crippen LogP contribution in [0.25, 0.3) is 0 Å². The van der Waals surface area contributed by atoms with Crippen molar-refractivity contribution in [1.29, 1.82) is 0 Å². The van der Waals surface area contributed by atoms with Gasteiger partial charge in [-0.25, -0.2) is 8.42 Å². The van der Waals surface area contributed by atoms with Crippen molar-refractivity contribution in [3.63, 3.8) is 0 Å². The van der Waals surface area contributed by atoms with Crippen molar-refractivity contribution in [2.45, 2.75) is 38.6 Å². The van der Waals surface area contributed by atoms with Crippen LogP contribution >= 0.6 is 0 Å². The Morgan fingerprint density at radius 3 is 2.32 bits per heavy atom. The van der Waals surface area contributed by atoms with Gasteiger partial charge < -0.3 is 10.6 Å². The number of rotatable bonds is 9. The van der Waals surface area contributed by atoms with Crippen LogP contribution < -0.4 is 10.6 Å². The first kappa shape index (κ1) is 21.9. The van der Waals surface area contributed by atoms with E-state index in [1.165, 1.54) is 4.31 Å². The standard InChI is InChI=1S/C21H29N3O3S/c1-5-24(6-2)28(26,27)20-14-19(13-12-16(20)3)22-15-21(25)23-17(4)18-10-8-7-9-11-18/h7-14,17,22H,5-6,15H2,1-4H3,(H,23,25)/t17-/m1/s1. The number of hydrogen-bond acceptors (Lipinski definition) is 4. The summed E-state index contributed by atoms with van der Waals surface area (Å²) in [5.41, 5.74) is 2.30. The van der Waals surface area contributed by atoms with E-state index in [-0.39, 0.29) is 23.4 Å². The number of carbonyl (C=O) groups is 1. The van der Waals surface area contributed by atoms with E-state index in [1.807, 2.05) is 51.1 Å². The minimum atomic E-state index is -3.56. The Labute approximate surface area is 168 Å². The Hall–Kier alpha value is -2.38. The van der Waals surface area contributed by atoms with E-state index < -0.39 is 10.0 Å². The molecular weight excluding hydrogens is 374 g/mol. The Morgan fingerprint density at radius 2 is 1.71 bits per heavy atom. The van der Waals surface area contributed by atoms with Gasteiger partial charge in [-0.3, -0.25) is 4.79 Å². The summed E-state index contributed by atoms with van der Waals surface area (Å²) in [5.74, 6) is -0.162. The minimum Gasteiger partial charge on any atom is -0.376 e. The molecule has 0 unspecified atom stereocenters. The number of aryl methyl sites for hydroxylation is 1. The quantitative estimate of drug-likeness (QED) is 0.673. The number of anilines is 1. The number of nitrogens with zero attached hydrogens (tertiary/aromatic N) is 1. The fraction of sp³-hybridized carbons (Fsp3) is 0.381. The van der Waals surface area contributed by atoms with Gasteiger partial charge in [-0.1, -0.05) is 50.2 Å². The van der Waals surface area contributed by atoms with Gasteiger partial charge in [0.05, 0.1) is 17.5 Å². The second kappa shape index (κ2) is 9.71. The van der Waals surface area contributed by atoms with Gasteiger partial charge in [-0.05, 0) is 37.1 Å². The van der Waals surface area contributed by atoms with Gasteiger partial charge in [-0.2, -0.15) is 4.31 Å². The van der Waals surface area contributed by atoms with Crippen LogP contribution in [0.5, 0.6) is 0 Å². The highest BCUT2D eigenvalue weighted by Gasteiger charge is 2.23. The van der Waals surface area contributed by atoms with Crippen molar-refractivity contribution in [3.8, 4) is 0 Å². The average molecular weight is 404 g/mol. The van der Waals surface area contributed by atoms with Crippen LogP contribution in [0.15, 0.2) is 53.4 Å². The average Bonchev–Trinajstić information content (AvgIpc) is 2.68. The molecule has 1 atom stereocenters. The molecule has 0 spiro atoms. The molecule has 0 saturated heterocycles. The molecule has 1 amide bonds. The maximum Gasteiger partial charge on any atom is 0.243 e. The molecule has 0 fully saturated rings. The first-order chi connectivity index (χ1) is 13.3. The molecule has 0 aromatic heterocycles. The number of sulfonamides is 1. The summed E-state index contributed by atoms with van der Waals surface area (Å²) in [6.07, 6.45) is 0. The van der Waals surface area contributed by atoms with Crippen LogP contribution in [-0.4, -0.2) is 38.3 Å². The zero-order valence-corrected chi connectivity index (χ0v) is 17.7. The predicted octanol–water partition coefficient (Wildman–Crippen LogP) is 3.31. The van der Waals surface area contributed by atoms with Crippen molar-refractivity contribution < 1.29 is 13.2 Å². The monoisotopic (exact) mass is 403 g/mol. The highest BCUT2D eigenvalue weighted by molar-refractivity contribution is 7.89. The van der Waals surface area contributed by atoms with Gasteiger partial charge in [-0.15, -0.1) is 0 Å². The van der Waals surface area contributed by atoms with Gasteiger partial charge in [0.15, 0.2) is 0 Å². The zero-order chi connectivity index (χ0) is 20.7. The largest absolute Gasteiger partial charge is 0.376 e. The Morgan fingerprint density at radius 1 is 1.07 bits per heavy atom. The SMILES string of the molecule is CCN(CC)S(=O)(=O)c1cc(NCC(=O)N[C@H](C)c2ccccc2)ccc1C. The molecule has 0 aliphatic carbocycles. The molecule has 0 heterocycles. The summed E-state index contributed by atoms with van der Waals surface area (Å²) < 4.78 is 27.1. The molecule has 2 rings (SSSR count). The van der Waals surface area contributed by atoms with E-state index >= 15 is 0 Å². The summed E-state index contributed by atoms with van der Waals surface area (Å²) >= 11 is 0. The smallest absolute Gasteiger partial charge is 0.243 e. The number of benzene rings is 2. The second-order valence-electron chi connectivity index (χ2n) is 6.62. The fourth-order valence-electron chi connectivity index (χ4n) is 2.99. The lowest BCUT2D eigenvalue weighted by atomic mass is 10.1. The Bertz CT molecular complexity index is 894. The molecule has 0 aliphatic rings. The van der Waals surface area contributed by atoms with Crippen molar-refractivity contribution in [1.82, 2.24) is 9.62 Å². The van der Waals surface area contributed by atoms with E-state index in [9.17, 15) is 13.2 Å². The van der Waals surface area contributed by atoms with Gasteiger partial charge in [0.2, 0.25) is 15.9 Å². The van der Waals surface area contributed by atoms with E-state index in [1.54, 1.807) is 25.1 Å². The third kappa shape index (κ3) is 5.33. The van der Waals surface area contributed by atoms with Crippen molar-refractivity contribution in [3.05, 3.63) is 59.7 Å². The zero-order valence-electron chi connectivity index (χ0n) is 16.9. The lowest BCUT2D eigenvalue weighted by Crippen LogP contribution is -2.32. The normalized spacial score (nSPS) is 12.6. The molecule has 0 radical (unpaired) electrons. The topological polar surface area (TPSA) is 78.5 Å². The van der Waals surface area contributed by atoms with E-state index in [0.717, 1.165) is 5.56 Å². The van der Waals surface area contributed by atoms with Crippen LogP contribution in [0, 0.1) is 6.92 Å². The van der Waals surface area contributed by atoms with Crippen molar-refractivity contribution in [2.75, 3.05) is 25.0 Å². The number of amides is 1. The van der Waals surface area contributed by atoms with Crippen molar-refractivity contribution in [2.24, 2.45) is 0 Å². The van der Waals surface area contributed by atoms with Gasteiger partial charge in [0.25, 0.3) is 0 Å². The van der Waals surface area contributed by atoms with Crippen LogP contribution in [0.1, 0.15) is 37.9 Å². The summed E-state index contributed by atoms with van der Waals surface area (Å²) in [6, 6.07) is 14.7. The number of nitrogens with one attached hydrogen (secondary N) is 2. The summed E-state index contributed by atoms with van der Waals surface area (Å²) in [6.45, 7) is 8.21. The molecule has 6 nitrogen and oxygen atoms in total. The highest BCUT2D eigenvalue weighted by Crippen LogP contribution is 2.23. The molecule has 2 aromatic carbocycles. The molecule has 152 valence electrons. The molecule has 2 aromatic rings. The van der Waals surface area contributed by atoms with Gasteiger partial charge in [0.1, 0.15) is 0 Å². The molecule has 0 saturated carbocycles. The maximum atomic E-state index is 12.8. The first-order valence-electron chi connectivity index (χ1n) is 9.48. The van der Waals surface area contributed by atoms with Gasteiger partial charge in [0, 0.05) is 18.8 Å². The molecule has 28 heavy (non-hydrogen) atoms.